The van der Waals surface area contributed by atoms with Crippen LogP contribution in [0.3, 0.4) is 0 Å². The molecule has 0 spiro atoms. The van der Waals surface area contributed by atoms with E-state index in [0.29, 0.717) is 11.5 Å². The highest BCUT2D eigenvalue weighted by Crippen LogP contribution is 2.23. The van der Waals surface area contributed by atoms with Gasteiger partial charge in [-0.3, -0.25) is 10.4 Å². The van der Waals surface area contributed by atoms with E-state index in [1.54, 1.807) is 24.5 Å². The lowest BCUT2D eigenvalue weighted by atomic mass is 10.3. The smallest absolute Gasteiger partial charge is 0.246 e. The van der Waals surface area contributed by atoms with Crippen molar-refractivity contribution in [2.75, 3.05) is 5.43 Å². The predicted molar refractivity (Wildman–Crippen MR) is 52.3 cm³/mol. The van der Waals surface area contributed by atoms with Crippen molar-refractivity contribution in [3.63, 3.8) is 0 Å². The van der Waals surface area contributed by atoms with Crippen molar-refractivity contribution in [2.45, 2.75) is 0 Å². The van der Waals surface area contributed by atoms with E-state index < -0.39 is 0 Å². The van der Waals surface area contributed by atoms with Gasteiger partial charge in [-0.05, 0) is 12.1 Å². The van der Waals surface area contributed by atoms with E-state index >= 15 is 0 Å². The Morgan fingerprint density at radius 1 is 1.53 bits per heavy atom. The fourth-order valence-corrected chi connectivity index (χ4v) is 1.11. The third-order valence-electron chi connectivity index (χ3n) is 1.77. The Morgan fingerprint density at radius 2 is 2.40 bits per heavy atom. The van der Waals surface area contributed by atoms with Crippen molar-refractivity contribution >= 4 is 5.88 Å². The lowest BCUT2D eigenvalue weighted by Crippen LogP contribution is -2.06. The summed E-state index contributed by atoms with van der Waals surface area (Å²) >= 11 is 0. The molecule has 2 aromatic rings. The number of hydrogen-bond acceptors (Lipinski definition) is 6. The SMILES string of the molecule is N#Cc1nc(-c2cccnc2)oc1NN. The van der Waals surface area contributed by atoms with Crippen molar-refractivity contribution in [2.24, 2.45) is 5.84 Å². The second-order valence-electron chi connectivity index (χ2n) is 2.69. The van der Waals surface area contributed by atoms with E-state index in [-0.39, 0.29) is 11.6 Å². The Kier molecular flexibility index (Phi) is 2.31. The monoisotopic (exact) mass is 201 g/mol. The van der Waals surface area contributed by atoms with Crippen LogP contribution in [-0.2, 0) is 0 Å². The first-order chi connectivity index (χ1) is 7.35. The minimum atomic E-state index is 0.122. The van der Waals surface area contributed by atoms with Crippen LogP contribution in [0.5, 0.6) is 0 Å². The van der Waals surface area contributed by atoms with Crippen molar-refractivity contribution in [3.8, 4) is 17.5 Å². The zero-order valence-corrected chi connectivity index (χ0v) is 7.64. The summed E-state index contributed by atoms with van der Waals surface area (Å²) in [5.74, 6) is 5.63. The van der Waals surface area contributed by atoms with Gasteiger partial charge in [0.25, 0.3) is 0 Å². The molecule has 3 N–H and O–H groups in total. The third-order valence-corrected chi connectivity index (χ3v) is 1.77. The van der Waals surface area contributed by atoms with Gasteiger partial charge in [0.1, 0.15) is 6.07 Å². The van der Waals surface area contributed by atoms with Crippen molar-refractivity contribution in [1.82, 2.24) is 9.97 Å². The summed E-state index contributed by atoms with van der Waals surface area (Å²) in [6, 6.07) is 5.40. The van der Waals surface area contributed by atoms with E-state index in [1.807, 2.05) is 6.07 Å². The number of hydrazine groups is 1. The molecule has 0 aromatic carbocycles. The molecule has 74 valence electrons. The number of aromatic nitrogens is 2. The molecule has 0 unspecified atom stereocenters. The fraction of sp³-hybridized carbons (Fsp3) is 0. The summed E-state index contributed by atoms with van der Waals surface area (Å²) in [4.78, 5) is 7.88. The van der Waals surface area contributed by atoms with Crippen LogP contribution in [0.1, 0.15) is 5.69 Å². The standard InChI is InChI=1S/C9H7N5O/c10-4-7-9(14-11)15-8(13-7)6-2-1-3-12-5-6/h1-3,5,14H,11H2. The average molecular weight is 201 g/mol. The molecule has 0 radical (unpaired) electrons. The molecule has 6 nitrogen and oxygen atoms in total. The molecule has 2 heterocycles. The Morgan fingerprint density at radius 3 is 2.93 bits per heavy atom. The summed E-state index contributed by atoms with van der Waals surface area (Å²) in [5, 5.41) is 8.73. The molecular weight excluding hydrogens is 194 g/mol. The molecule has 2 aromatic heterocycles. The van der Waals surface area contributed by atoms with Crippen LogP contribution >= 0.6 is 0 Å². The molecule has 0 aliphatic rings. The number of nitrogens with one attached hydrogen (secondary N) is 1. The van der Waals surface area contributed by atoms with Crippen molar-refractivity contribution in [1.29, 1.82) is 5.26 Å². The topological polar surface area (TPSA) is 101 Å². The molecule has 0 amide bonds. The Labute approximate surface area is 85.3 Å². The van der Waals surface area contributed by atoms with Crippen LogP contribution in [-0.4, -0.2) is 9.97 Å². The fourth-order valence-electron chi connectivity index (χ4n) is 1.11. The van der Waals surface area contributed by atoms with Gasteiger partial charge in [0.15, 0.2) is 0 Å². The minimum absolute atomic E-state index is 0.122. The Balaban J connectivity index is 2.48. The van der Waals surface area contributed by atoms with Crippen molar-refractivity contribution < 1.29 is 4.42 Å². The van der Waals surface area contributed by atoms with E-state index in [9.17, 15) is 0 Å². The zero-order valence-electron chi connectivity index (χ0n) is 7.64. The number of anilines is 1. The predicted octanol–water partition coefficient (Wildman–Crippen LogP) is 0.894. The number of nitrogen functional groups attached to an aromatic ring is 1. The normalized spacial score (nSPS) is 9.60. The van der Waals surface area contributed by atoms with Gasteiger partial charge in [0, 0.05) is 12.4 Å². The van der Waals surface area contributed by atoms with Gasteiger partial charge in [-0.1, -0.05) is 0 Å². The largest absolute Gasteiger partial charge is 0.418 e. The van der Waals surface area contributed by atoms with Gasteiger partial charge in [-0.25, -0.2) is 5.84 Å². The quantitative estimate of drug-likeness (QED) is 0.552. The second kappa shape index (κ2) is 3.77. The second-order valence-corrected chi connectivity index (χ2v) is 2.69. The lowest BCUT2D eigenvalue weighted by molar-refractivity contribution is 0.586. The molecule has 0 saturated carbocycles. The first-order valence-corrected chi connectivity index (χ1v) is 4.13. The Hall–Kier alpha value is -2.39. The number of nitrogens with two attached hydrogens (primary N) is 1. The van der Waals surface area contributed by atoms with E-state index in [2.05, 4.69) is 15.4 Å². The number of nitriles is 1. The Bertz CT molecular complexity index is 499. The number of nitrogens with zero attached hydrogens (tertiary/aromatic N) is 3. The van der Waals surface area contributed by atoms with Crippen LogP contribution in [0.25, 0.3) is 11.5 Å². The number of rotatable bonds is 2. The van der Waals surface area contributed by atoms with Crippen molar-refractivity contribution in [3.05, 3.63) is 30.2 Å². The maximum atomic E-state index is 8.73. The van der Waals surface area contributed by atoms with Gasteiger partial charge in [-0.15, -0.1) is 0 Å². The molecule has 0 saturated heterocycles. The van der Waals surface area contributed by atoms with Crippen LogP contribution in [0.15, 0.2) is 28.9 Å². The summed E-state index contributed by atoms with van der Waals surface area (Å²) in [7, 11) is 0. The third kappa shape index (κ3) is 1.63. The van der Waals surface area contributed by atoms with Crippen LogP contribution in [0.4, 0.5) is 5.88 Å². The molecule has 15 heavy (non-hydrogen) atoms. The van der Waals surface area contributed by atoms with Gasteiger partial charge in [0.2, 0.25) is 17.5 Å². The molecular formula is C9H7N5O. The number of oxazole rings is 1. The van der Waals surface area contributed by atoms with E-state index in [4.69, 9.17) is 15.5 Å². The molecule has 0 fully saturated rings. The van der Waals surface area contributed by atoms with Crippen LogP contribution < -0.4 is 11.3 Å². The number of hydrogen-bond donors (Lipinski definition) is 2. The molecule has 0 bridgehead atoms. The molecule has 0 atom stereocenters. The summed E-state index contributed by atoms with van der Waals surface area (Å²) in [6.07, 6.45) is 3.23. The molecule has 0 aliphatic heterocycles. The van der Waals surface area contributed by atoms with Gasteiger partial charge >= 0.3 is 0 Å². The molecule has 2 rings (SSSR count). The van der Waals surface area contributed by atoms with Crippen LogP contribution in [0, 0.1) is 11.3 Å². The lowest BCUT2D eigenvalue weighted by Gasteiger charge is -1.92. The first-order valence-electron chi connectivity index (χ1n) is 4.13. The highest BCUT2D eigenvalue weighted by atomic mass is 16.4. The first kappa shape index (κ1) is 9.18. The van der Waals surface area contributed by atoms with Gasteiger partial charge in [0.05, 0.1) is 5.56 Å². The maximum Gasteiger partial charge on any atom is 0.246 e. The number of pyridine rings is 1. The minimum Gasteiger partial charge on any atom is -0.418 e. The highest BCUT2D eigenvalue weighted by molar-refractivity contribution is 5.57. The van der Waals surface area contributed by atoms with Gasteiger partial charge < -0.3 is 4.42 Å². The summed E-state index contributed by atoms with van der Waals surface area (Å²) in [6.45, 7) is 0. The summed E-state index contributed by atoms with van der Waals surface area (Å²) in [5.41, 5.74) is 3.08. The molecule has 6 heteroatoms. The maximum absolute atomic E-state index is 8.73. The summed E-state index contributed by atoms with van der Waals surface area (Å²) < 4.78 is 5.23. The van der Waals surface area contributed by atoms with Crippen LogP contribution in [0.2, 0.25) is 0 Å². The average Bonchev–Trinajstić information content (AvgIpc) is 2.73. The molecule has 0 aliphatic carbocycles. The van der Waals surface area contributed by atoms with E-state index in [1.165, 1.54) is 0 Å². The van der Waals surface area contributed by atoms with E-state index in [0.717, 1.165) is 0 Å². The zero-order chi connectivity index (χ0) is 10.7. The highest BCUT2D eigenvalue weighted by Gasteiger charge is 2.12. The van der Waals surface area contributed by atoms with Gasteiger partial charge in [-0.2, -0.15) is 10.2 Å².